The van der Waals surface area contributed by atoms with Gasteiger partial charge in [0.25, 0.3) is 6.43 Å². The standard InChI is InChI=1S/C24H25F2N5OS/c25-22(26)20-18(6-3-9-28-20)33-19-13-29-23(17(14-32)30-19)31-10-7-24(8-11-31)12-15-4-1-2-5-16(15)21(24)27/h1-6,9,13,21-22,32H,7-8,10-12,14,27H2/t21-/m1/s1. The number of halogens is 2. The number of benzene rings is 1. The molecule has 172 valence electrons. The summed E-state index contributed by atoms with van der Waals surface area (Å²) < 4.78 is 26.5. The Morgan fingerprint density at radius 1 is 1.15 bits per heavy atom. The van der Waals surface area contributed by atoms with Crippen LogP contribution in [0.1, 0.15) is 47.8 Å². The molecular formula is C24H25F2N5OS. The molecule has 2 aromatic heterocycles. The summed E-state index contributed by atoms with van der Waals surface area (Å²) >= 11 is 1.07. The summed E-state index contributed by atoms with van der Waals surface area (Å²) in [6.07, 6.45) is 3.09. The third-order valence-electron chi connectivity index (χ3n) is 6.82. The van der Waals surface area contributed by atoms with E-state index in [1.54, 1.807) is 18.3 Å². The van der Waals surface area contributed by atoms with E-state index in [4.69, 9.17) is 5.73 Å². The van der Waals surface area contributed by atoms with Crippen molar-refractivity contribution in [2.45, 2.75) is 48.3 Å². The lowest BCUT2D eigenvalue weighted by Crippen LogP contribution is -2.45. The van der Waals surface area contributed by atoms with Crippen molar-refractivity contribution in [2.24, 2.45) is 11.1 Å². The molecule has 1 aliphatic heterocycles. The number of alkyl halides is 2. The summed E-state index contributed by atoms with van der Waals surface area (Å²) in [6, 6.07) is 11.6. The Balaban J connectivity index is 1.32. The molecule has 9 heteroatoms. The van der Waals surface area contributed by atoms with Gasteiger partial charge in [-0.2, -0.15) is 0 Å². The molecule has 3 heterocycles. The Hall–Kier alpha value is -2.62. The van der Waals surface area contributed by atoms with Crippen LogP contribution in [0.2, 0.25) is 0 Å². The molecule has 1 saturated heterocycles. The molecule has 0 saturated carbocycles. The molecule has 2 aliphatic rings. The fourth-order valence-electron chi connectivity index (χ4n) is 5.06. The minimum atomic E-state index is -2.67. The van der Waals surface area contributed by atoms with Gasteiger partial charge in [-0.3, -0.25) is 4.98 Å². The van der Waals surface area contributed by atoms with Gasteiger partial charge in [0, 0.05) is 30.2 Å². The third-order valence-corrected chi connectivity index (χ3v) is 7.79. The Morgan fingerprint density at radius 2 is 1.94 bits per heavy atom. The molecule has 5 rings (SSSR count). The van der Waals surface area contributed by atoms with E-state index in [0.29, 0.717) is 21.4 Å². The molecule has 0 radical (unpaired) electrons. The summed E-state index contributed by atoms with van der Waals surface area (Å²) in [6.45, 7) is 1.26. The van der Waals surface area contributed by atoms with Crippen molar-refractivity contribution in [1.82, 2.24) is 15.0 Å². The number of rotatable bonds is 5. The highest BCUT2D eigenvalue weighted by Crippen LogP contribution is 2.51. The second-order valence-electron chi connectivity index (χ2n) is 8.63. The fourth-order valence-corrected chi connectivity index (χ4v) is 5.94. The number of piperidine rings is 1. The second kappa shape index (κ2) is 8.96. The van der Waals surface area contributed by atoms with Gasteiger partial charge < -0.3 is 15.7 Å². The normalized spacial score (nSPS) is 19.3. The average molecular weight is 470 g/mol. The van der Waals surface area contributed by atoms with Crippen LogP contribution in [-0.4, -0.2) is 33.1 Å². The SMILES string of the molecule is N[C@@H]1c2ccccc2CC12CCN(c1ncc(Sc3cccnc3C(F)F)nc1CO)CC2. The maximum absolute atomic E-state index is 13.3. The van der Waals surface area contributed by atoms with Crippen LogP contribution >= 0.6 is 11.8 Å². The largest absolute Gasteiger partial charge is 0.390 e. The molecule has 6 nitrogen and oxygen atoms in total. The minimum absolute atomic E-state index is 0.0292. The number of pyridine rings is 1. The quantitative estimate of drug-likeness (QED) is 0.576. The monoisotopic (exact) mass is 469 g/mol. The molecule has 33 heavy (non-hydrogen) atoms. The van der Waals surface area contributed by atoms with Crippen LogP contribution in [-0.2, 0) is 13.0 Å². The predicted molar refractivity (Wildman–Crippen MR) is 122 cm³/mol. The molecule has 3 aromatic rings. The third kappa shape index (κ3) is 4.09. The van der Waals surface area contributed by atoms with E-state index in [2.05, 4.69) is 38.1 Å². The molecule has 3 N–H and O–H groups in total. The smallest absolute Gasteiger partial charge is 0.281 e. The van der Waals surface area contributed by atoms with Crippen molar-refractivity contribution in [3.63, 3.8) is 0 Å². The second-order valence-corrected chi connectivity index (χ2v) is 9.69. The highest BCUT2D eigenvalue weighted by atomic mass is 32.2. The highest BCUT2D eigenvalue weighted by molar-refractivity contribution is 7.99. The number of hydrogen-bond acceptors (Lipinski definition) is 7. The number of nitrogens with two attached hydrogens (primary N) is 1. The highest BCUT2D eigenvalue weighted by Gasteiger charge is 2.46. The number of anilines is 1. The summed E-state index contributed by atoms with van der Waals surface area (Å²) in [5.74, 6) is 0.640. The van der Waals surface area contributed by atoms with E-state index in [0.717, 1.165) is 44.1 Å². The lowest BCUT2D eigenvalue weighted by Gasteiger charge is -2.42. The van der Waals surface area contributed by atoms with E-state index in [1.807, 2.05) is 6.07 Å². The van der Waals surface area contributed by atoms with Crippen molar-refractivity contribution >= 4 is 17.6 Å². The van der Waals surface area contributed by atoms with E-state index < -0.39 is 6.43 Å². The molecule has 0 unspecified atom stereocenters. The van der Waals surface area contributed by atoms with Crippen LogP contribution in [0.15, 0.2) is 58.7 Å². The van der Waals surface area contributed by atoms with Crippen LogP contribution in [0.25, 0.3) is 0 Å². The molecule has 1 fully saturated rings. The van der Waals surface area contributed by atoms with Crippen LogP contribution in [0.4, 0.5) is 14.6 Å². The minimum Gasteiger partial charge on any atom is -0.390 e. The first-order valence-electron chi connectivity index (χ1n) is 11.0. The average Bonchev–Trinajstić information content (AvgIpc) is 3.11. The van der Waals surface area contributed by atoms with E-state index in [9.17, 15) is 13.9 Å². The van der Waals surface area contributed by atoms with Gasteiger partial charge in [0.1, 0.15) is 16.4 Å². The van der Waals surface area contributed by atoms with Crippen LogP contribution in [0, 0.1) is 5.41 Å². The molecule has 1 aliphatic carbocycles. The van der Waals surface area contributed by atoms with Gasteiger partial charge in [0.2, 0.25) is 0 Å². The maximum Gasteiger partial charge on any atom is 0.281 e. The van der Waals surface area contributed by atoms with E-state index in [1.165, 1.54) is 17.3 Å². The molecule has 1 aromatic carbocycles. The zero-order chi connectivity index (χ0) is 23.0. The van der Waals surface area contributed by atoms with Gasteiger partial charge in [0.05, 0.1) is 12.8 Å². The van der Waals surface area contributed by atoms with Crippen molar-refractivity contribution < 1.29 is 13.9 Å². The van der Waals surface area contributed by atoms with Crippen molar-refractivity contribution in [1.29, 1.82) is 0 Å². The van der Waals surface area contributed by atoms with Gasteiger partial charge in [-0.15, -0.1) is 0 Å². The van der Waals surface area contributed by atoms with Crippen molar-refractivity contribution in [3.8, 4) is 0 Å². The Morgan fingerprint density at radius 3 is 2.67 bits per heavy atom. The Kier molecular flexibility index (Phi) is 6.03. The fraction of sp³-hybridized carbons (Fsp3) is 0.375. The number of nitrogens with zero attached hydrogens (tertiary/aromatic N) is 4. The molecule has 1 spiro atoms. The first kappa shape index (κ1) is 22.2. The van der Waals surface area contributed by atoms with Gasteiger partial charge in [-0.1, -0.05) is 36.0 Å². The number of aromatic nitrogens is 3. The van der Waals surface area contributed by atoms with Gasteiger partial charge in [-0.05, 0) is 47.9 Å². The van der Waals surface area contributed by atoms with Crippen LogP contribution in [0.5, 0.6) is 0 Å². The topological polar surface area (TPSA) is 88.2 Å². The number of aliphatic hydroxyl groups excluding tert-OH is 1. The summed E-state index contributed by atoms with van der Waals surface area (Å²) in [5, 5.41) is 10.4. The summed E-state index contributed by atoms with van der Waals surface area (Å²) in [5.41, 5.74) is 9.48. The van der Waals surface area contributed by atoms with Crippen molar-refractivity contribution in [2.75, 3.05) is 18.0 Å². The predicted octanol–water partition coefficient (Wildman–Crippen LogP) is 4.30. The zero-order valence-corrected chi connectivity index (χ0v) is 18.8. The number of hydrogen-bond donors (Lipinski definition) is 2. The molecule has 1 atom stereocenters. The Labute approximate surface area is 195 Å². The maximum atomic E-state index is 13.3. The van der Waals surface area contributed by atoms with Crippen molar-refractivity contribution in [3.05, 3.63) is 71.3 Å². The first-order chi connectivity index (χ1) is 16.0. The van der Waals surface area contributed by atoms with E-state index in [-0.39, 0.29) is 23.8 Å². The molecule has 0 amide bonds. The number of fused-ring (bicyclic) bond motifs is 1. The Bertz CT molecular complexity index is 1150. The molecule has 0 bridgehead atoms. The number of aliphatic hydroxyl groups is 1. The summed E-state index contributed by atoms with van der Waals surface area (Å²) in [7, 11) is 0. The lowest BCUT2D eigenvalue weighted by molar-refractivity contribution is 0.142. The van der Waals surface area contributed by atoms with Gasteiger partial charge in [0.15, 0.2) is 5.82 Å². The lowest BCUT2D eigenvalue weighted by atomic mass is 9.73. The van der Waals surface area contributed by atoms with Crippen LogP contribution in [0.3, 0.4) is 0 Å². The van der Waals surface area contributed by atoms with Gasteiger partial charge in [-0.25, -0.2) is 18.7 Å². The first-order valence-corrected chi connectivity index (χ1v) is 11.8. The summed E-state index contributed by atoms with van der Waals surface area (Å²) in [4.78, 5) is 15.3. The van der Waals surface area contributed by atoms with Gasteiger partial charge >= 0.3 is 0 Å². The zero-order valence-electron chi connectivity index (χ0n) is 18.0. The molecular weight excluding hydrogens is 444 g/mol. The van der Waals surface area contributed by atoms with E-state index >= 15 is 0 Å². The van der Waals surface area contributed by atoms with Crippen LogP contribution < -0.4 is 10.6 Å².